The summed E-state index contributed by atoms with van der Waals surface area (Å²) in [5, 5.41) is 6.76. The number of nitrogens with one attached hydrogen (secondary N) is 2. The van der Waals surface area contributed by atoms with Crippen LogP contribution in [0.15, 0.2) is 4.99 Å². The summed E-state index contributed by atoms with van der Waals surface area (Å²) in [5.41, 5.74) is 0. The Kier molecular flexibility index (Phi) is 6.77. The highest BCUT2D eigenvalue weighted by Gasteiger charge is 2.28. The molecule has 2 saturated carbocycles. The minimum absolute atomic E-state index is 0.540. The number of nitrogens with zero attached hydrogens (tertiary/aromatic N) is 2. The van der Waals surface area contributed by atoms with Crippen LogP contribution in [0.3, 0.4) is 0 Å². The van der Waals surface area contributed by atoms with E-state index in [0.717, 1.165) is 50.6 Å². The van der Waals surface area contributed by atoms with E-state index in [1.54, 1.807) is 0 Å². The Morgan fingerprint density at radius 2 is 2.05 bits per heavy atom. The van der Waals surface area contributed by atoms with Crippen molar-refractivity contribution in [3.63, 3.8) is 0 Å². The Balaban J connectivity index is 1.48. The summed E-state index contributed by atoms with van der Waals surface area (Å²) in [7, 11) is 4.05. The molecule has 0 bridgehead atoms. The Bertz CT molecular complexity index is 326. The van der Waals surface area contributed by atoms with Crippen LogP contribution in [-0.2, 0) is 4.74 Å². The van der Waals surface area contributed by atoms with Crippen molar-refractivity contribution in [2.75, 3.05) is 40.4 Å². The predicted molar refractivity (Wildman–Crippen MR) is 87.8 cm³/mol. The zero-order valence-corrected chi connectivity index (χ0v) is 13.9. The largest absolute Gasteiger partial charge is 0.381 e. The van der Waals surface area contributed by atoms with Crippen LogP contribution in [0.4, 0.5) is 0 Å². The van der Waals surface area contributed by atoms with E-state index in [2.05, 4.69) is 34.5 Å². The van der Waals surface area contributed by atoms with Gasteiger partial charge in [-0.15, -0.1) is 0 Å². The summed E-state index contributed by atoms with van der Waals surface area (Å²) in [5.74, 6) is 1.76. The highest BCUT2D eigenvalue weighted by molar-refractivity contribution is 5.79. The molecule has 0 saturated heterocycles. The first kappa shape index (κ1) is 16.6. The van der Waals surface area contributed by atoms with E-state index in [1.165, 1.54) is 25.7 Å². The van der Waals surface area contributed by atoms with Crippen LogP contribution >= 0.6 is 0 Å². The molecule has 0 spiro atoms. The van der Waals surface area contributed by atoms with Crippen LogP contribution in [0.2, 0.25) is 0 Å². The van der Waals surface area contributed by atoms with Gasteiger partial charge in [0.25, 0.3) is 0 Å². The molecule has 2 N–H and O–H groups in total. The lowest BCUT2D eigenvalue weighted by atomic mass is 10.3. The lowest BCUT2D eigenvalue weighted by Crippen LogP contribution is -2.45. The molecular weight excluding hydrogens is 264 g/mol. The van der Waals surface area contributed by atoms with E-state index in [4.69, 9.17) is 4.74 Å². The van der Waals surface area contributed by atoms with Crippen molar-refractivity contribution in [1.82, 2.24) is 15.5 Å². The van der Waals surface area contributed by atoms with Crippen molar-refractivity contribution in [2.45, 2.75) is 51.1 Å². The van der Waals surface area contributed by atoms with Gasteiger partial charge in [0.05, 0.1) is 0 Å². The van der Waals surface area contributed by atoms with Crippen molar-refractivity contribution in [2.24, 2.45) is 10.9 Å². The second-order valence-electron chi connectivity index (χ2n) is 6.50. The van der Waals surface area contributed by atoms with Crippen LogP contribution < -0.4 is 10.6 Å². The normalized spacial score (nSPS) is 20.7. The van der Waals surface area contributed by atoms with Crippen LogP contribution in [0.5, 0.6) is 0 Å². The maximum atomic E-state index is 5.63. The molecule has 2 aliphatic rings. The molecule has 21 heavy (non-hydrogen) atoms. The van der Waals surface area contributed by atoms with Crippen molar-refractivity contribution in [1.29, 1.82) is 0 Å². The number of ether oxygens (including phenoxy) is 1. The van der Waals surface area contributed by atoms with Crippen molar-refractivity contribution >= 4 is 5.96 Å². The molecule has 0 radical (unpaired) electrons. The second-order valence-corrected chi connectivity index (χ2v) is 6.50. The van der Waals surface area contributed by atoms with Gasteiger partial charge in [0, 0.05) is 45.4 Å². The van der Waals surface area contributed by atoms with Crippen LogP contribution in [-0.4, -0.2) is 63.3 Å². The fraction of sp³-hybridized carbons (Fsp3) is 0.938. The highest BCUT2D eigenvalue weighted by Crippen LogP contribution is 2.28. The van der Waals surface area contributed by atoms with Gasteiger partial charge in [0.1, 0.15) is 0 Å². The number of aliphatic imine (C=N–C) groups is 1. The van der Waals surface area contributed by atoms with Crippen molar-refractivity contribution in [3.8, 4) is 0 Å². The number of likely N-dealkylation sites (N-methyl/N-ethyl adjacent to an activating group) is 1. The fourth-order valence-corrected chi connectivity index (χ4v) is 2.37. The quantitative estimate of drug-likeness (QED) is 0.364. The SMILES string of the molecule is CN=C(NCCCOCC1CC1)NCC(C)N(C)C1CC1. The smallest absolute Gasteiger partial charge is 0.191 e. The summed E-state index contributed by atoms with van der Waals surface area (Å²) < 4.78 is 5.63. The van der Waals surface area contributed by atoms with E-state index < -0.39 is 0 Å². The van der Waals surface area contributed by atoms with E-state index in [-0.39, 0.29) is 0 Å². The molecule has 2 fully saturated rings. The summed E-state index contributed by atoms with van der Waals surface area (Å²) in [6, 6.07) is 1.35. The van der Waals surface area contributed by atoms with Crippen LogP contribution in [0.1, 0.15) is 39.0 Å². The Hall–Kier alpha value is -0.810. The molecule has 0 aromatic heterocycles. The fourth-order valence-electron chi connectivity index (χ4n) is 2.37. The molecule has 0 amide bonds. The molecule has 1 atom stereocenters. The van der Waals surface area contributed by atoms with Gasteiger partial charge in [-0.05, 0) is 52.0 Å². The van der Waals surface area contributed by atoms with Gasteiger partial charge in [-0.3, -0.25) is 9.89 Å². The summed E-state index contributed by atoms with van der Waals surface area (Å²) in [4.78, 5) is 6.74. The molecule has 2 rings (SSSR count). The minimum atomic E-state index is 0.540. The summed E-state index contributed by atoms with van der Waals surface area (Å²) >= 11 is 0. The molecule has 5 nitrogen and oxygen atoms in total. The van der Waals surface area contributed by atoms with Crippen LogP contribution in [0, 0.1) is 5.92 Å². The zero-order valence-electron chi connectivity index (χ0n) is 13.9. The van der Waals surface area contributed by atoms with Gasteiger partial charge in [0.2, 0.25) is 0 Å². The number of guanidine groups is 1. The Morgan fingerprint density at radius 1 is 1.29 bits per heavy atom. The third-order valence-electron chi connectivity index (χ3n) is 4.41. The van der Waals surface area contributed by atoms with Gasteiger partial charge in [-0.1, -0.05) is 0 Å². The molecule has 2 aliphatic carbocycles. The summed E-state index contributed by atoms with van der Waals surface area (Å²) in [6.07, 6.45) is 6.47. The Labute approximate surface area is 129 Å². The first-order valence-corrected chi connectivity index (χ1v) is 8.45. The lowest BCUT2D eigenvalue weighted by molar-refractivity contribution is 0.123. The molecule has 0 heterocycles. The maximum absolute atomic E-state index is 5.63. The number of hydrogen-bond donors (Lipinski definition) is 2. The third-order valence-corrected chi connectivity index (χ3v) is 4.41. The number of rotatable bonds is 10. The topological polar surface area (TPSA) is 48.9 Å². The summed E-state index contributed by atoms with van der Waals surface area (Å²) in [6.45, 7) is 5.92. The second kappa shape index (κ2) is 8.59. The highest BCUT2D eigenvalue weighted by atomic mass is 16.5. The molecule has 122 valence electrons. The van der Waals surface area contributed by atoms with Crippen molar-refractivity contribution < 1.29 is 4.74 Å². The van der Waals surface area contributed by atoms with E-state index >= 15 is 0 Å². The predicted octanol–water partition coefficient (Wildman–Crippen LogP) is 1.45. The van der Waals surface area contributed by atoms with Gasteiger partial charge in [-0.25, -0.2) is 0 Å². The average Bonchev–Trinajstić information content (AvgIpc) is 3.38. The minimum Gasteiger partial charge on any atom is -0.381 e. The monoisotopic (exact) mass is 296 g/mol. The zero-order chi connectivity index (χ0) is 15.1. The van der Waals surface area contributed by atoms with E-state index in [0.29, 0.717) is 6.04 Å². The van der Waals surface area contributed by atoms with Gasteiger partial charge in [-0.2, -0.15) is 0 Å². The van der Waals surface area contributed by atoms with Gasteiger partial charge in [0.15, 0.2) is 5.96 Å². The average molecular weight is 296 g/mol. The maximum Gasteiger partial charge on any atom is 0.191 e. The Morgan fingerprint density at radius 3 is 2.67 bits per heavy atom. The van der Waals surface area contributed by atoms with Crippen LogP contribution in [0.25, 0.3) is 0 Å². The standard InChI is InChI=1S/C16H32N4O/c1-13(20(3)15-7-8-15)11-19-16(17-2)18-9-4-10-21-12-14-5-6-14/h13-15H,4-12H2,1-3H3,(H2,17,18,19). The van der Waals surface area contributed by atoms with Crippen molar-refractivity contribution in [3.05, 3.63) is 0 Å². The molecule has 0 aromatic rings. The molecular formula is C16H32N4O. The van der Waals surface area contributed by atoms with Gasteiger partial charge < -0.3 is 15.4 Å². The first-order valence-electron chi connectivity index (χ1n) is 8.45. The third kappa shape index (κ3) is 6.66. The molecule has 0 aliphatic heterocycles. The lowest BCUT2D eigenvalue weighted by Gasteiger charge is -2.25. The van der Waals surface area contributed by atoms with E-state index in [9.17, 15) is 0 Å². The molecule has 1 unspecified atom stereocenters. The number of hydrogen-bond acceptors (Lipinski definition) is 3. The molecule has 5 heteroatoms. The first-order chi connectivity index (χ1) is 10.2. The van der Waals surface area contributed by atoms with E-state index in [1.807, 2.05) is 7.05 Å². The molecule has 0 aromatic carbocycles. The van der Waals surface area contributed by atoms with Gasteiger partial charge >= 0.3 is 0 Å².